The SMILES string of the molecule is CC1=CC(C)(C)N(C)c2cc(Cl)c(/C=C3/C(=O)NC(=O)N(c4ccc(Cl)cc4)C3=O)cc21. The molecule has 32 heavy (non-hydrogen) atoms. The lowest BCUT2D eigenvalue weighted by Gasteiger charge is -2.40. The molecule has 2 aromatic carbocycles. The van der Waals surface area contributed by atoms with E-state index in [4.69, 9.17) is 23.2 Å². The molecular weight excluding hydrogens is 449 g/mol. The molecule has 1 N–H and O–H groups in total. The van der Waals surface area contributed by atoms with Crippen molar-refractivity contribution in [1.29, 1.82) is 0 Å². The van der Waals surface area contributed by atoms with Gasteiger partial charge in [0.05, 0.1) is 11.2 Å². The molecule has 2 heterocycles. The Hall–Kier alpha value is -3.09. The Morgan fingerprint density at radius 2 is 1.69 bits per heavy atom. The van der Waals surface area contributed by atoms with E-state index in [-0.39, 0.29) is 11.1 Å². The van der Waals surface area contributed by atoms with Gasteiger partial charge >= 0.3 is 6.03 Å². The number of imide groups is 2. The largest absolute Gasteiger partial charge is 0.365 e. The number of likely N-dealkylation sites (N-methyl/N-ethyl adjacent to an activating group) is 1. The summed E-state index contributed by atoms with van der Waals surface area (Å²) in [5.74, 6) is -1.51. The second kappa shape index (κ2) is 7.80. The van der Waals surface area contributed by atoms with Crippen molar-refractivity contribution < 1.29 is 14.4 Å². The summed E-state index contributed by atoms with van der Waals surface area (Å²) in [5, 5.41) is 3.07. The highest BCUT2D eigenvalue weighted by molar-refractivity contribution is 6.40. The van der Waals surface area contributed by atoms with Crippen molar-refractivity contribution >= 4 is 64.1 Å². The quantitative estimate of drug-likeness (QED) is 0.478. The molecule has 0 radical (unpaired) electrons. The van der Waals surface area contributed by atoms with Crippen molar-refractivity contribution in [2.24, 2.45) is 0 Å². The monoisotopic (exact) mass is 469 g/mol. The molecule has 164 valence electrons. The number of hydrogen-bond acceptors (Lipinski definition) is 4. The number of benzene rings is 2. The van der Waals surface area contributed by atoms with Crippen LogP contribution in [-0.4, -0.2) is 30.4 Å². The molecule has 4 rings (SSSR count). The number of hydrogen-bond donors (Lipinski definition) is 1. The fraction of sp³-hybridized carbons (Fsp3) is 0.208. The van der Waals surface area contributed by atoms with E-state index < -0.39 is 17.8 Å². The molecule has 6 nitrogen and oxygen atoms in total. The Bertz CT molecular complexity index is 1230. The Morgan fingerprint density at radius 1 is 1.03 bits per heavy atom. The smallest absolute Gasteiger partial charge is 0.335 e. The van der Waals surface area contributed by atoms with Crippen molar-refractivity contribution in [3.05, 3.63) is 69.2 Å². The lowest BCUT2D eigenvalue weighted by atomic mass is 9.88. The lowest BCUT2D eigenvalue weighted by Crippen LogP contribution is -2.54. The minimum atomic E-state index is -0.821. The van der Waals surface area contributed by atoms with E-state index in [0.717, 1.165) is 21.7 Å². The molecule has 0 bridgehead atoms. The molecule has 0 saturated carbocycles. The van der Waals surface area contributed by atoms with E-state index >= 15 is 0 Å². The van der Waals surface area contributed by atoms with E-state index in [1.54, 1.807) is 12.1 Å². The minimum absolute atomic E-state index is 0.181. The topological polar surface area (TPSA) is 69.7 Å². The maximum Gasteiger partial charge on any atom is 0.335 e. The highest BCUT2D eigenvalue weighted by Crippen LogP contribution is 2.41. The molecule has 0 atom stereocenters. The number of halogens is 2. The number of allylic oxidation sites excluding steroid dienone is 1. The summed E-state index contributed by atoms with van der Waals surface area (Å²) < 4.78 is 0. The zero-order valence-corrected chi connectivity index (χ0v) is 19.5. The number of anilines is 2. The molecule has 2 aliphatic heterocycles. The molecule has 1 saturated heterocycles. The van der Waals surface area contributed by atoms with Crippen molar-refractivity contribution in [1.82, 2.24) is 5.32 Å². The highest BCUT2D eigenvalue weighted by Gasteiger charge is 2.37. The molecule has 1 fully saturated rings. The predicted octanol–water partition coefficient (Wildman–Crippen LogP) is 5.29. The van der Waals surface area contributed by atoms with Crippen LogP contribution in [0.2, 0.25) is 10.0 Å². The molecule has 2 aliphatic rings. The molecule has 2 aromatic rings. The van der Waals surface area contributed by atoms with Gasteiger partial charge in [-0.25, -0.2) is 9.69 Å². The third kappa shape index (κ3) is 3.70. The van der Waals surface area contributed by atoms with Crippen LogP contribution in [0.4, 0.5) is 16.2 Å². The van der Waals surface area contributed by atoms with Crippen LogP contribution in [0.15, 0.2) is 48.0 Å². The van der Waals surface area contributed by atoms with Crippen LogP contribution >= 0.6 is 23.2 Å². The van der Waals surface area contributed by atoms with Gasteiger partial charge in [-0.05, 0) is 74.4 Å². The molecule has 0 aliphatic carbocycles. The number of nitrogens with one attached hydrogen (secondary N) is 1. The summed E-state index contributed by atoms with van der Waals surface area (Å²) in [6, 6.07) is 9.05. The van der Waals surface area contributed by atoms with Gasteiger partial charge in [-0.15, -0.1) is 0 Å². The summed E-state index contributed by atoms with van der Waals surface area (Å²) in [5.41, 5.74) is 3.42. The van der Waals surface area contributed by atoms with E-state index in [9.17, 15) is 14.4 Å². The van der Waals surface area contributed by atoms with Gasteiger partial charge in [0, 0.05) is 28.3 Å². The number of rotatable bonds is 2. The van der Waals surface area contributed by atoms with Crippen LogP contribution in [0.5, 0.6) is 0 Å². The molecule has 0 spiro atoms. The van der Waals surface area contributed by atoms with Crippen LogP contribution < -0.4 is 15.1 Å². The van der Waals surface area contributed by atoms with Gasteiger partial charge in [-0.3, -0.25) is 14.9 Å². The molecule has 4 amide bonds. The highest BCUT2D eigenvalue weighted by atomic mass is 35.5. The molecule has 0 unspecified atom stereocenters. The average molecular weight is 470 g/mol. The normalized spacial score (nSPS) is 19.1. The summed E-state index contributed by atoms with van der Waals surface area (Å²) in [7, 11) is 1.99. The predicted molar refractivity (Wildman–Crippen MR) is 128 cm³/mol. The van der Waals surface area contributed by atoms with Gasteiger partial charge in [-0.1, -0.05) is 29.3 Å². The van der Waals surface area contributed by atoms with Gasteiger partial charge in [0.2, 0.25) is 0 Å². The summed E-state index contributed by atoms with van der Waals surface area (Å²) in [4.78, 5) is 41.0. The number of nitrogens with zero attached hydrogens (tertiary/aromatic N) is 2. The van der Waals surface area contributed by atoms with E-state index in [0.29, 0.717) is 21.3 Å². The summed E-state index contributed by atoms with van der Waals surface area (Å²) >= 11 is 12.5. The van der Waals surface area contributed by atoms with Crippen molar-refractivity contribution in [2.75, 3.05) is 16.8 Å². The van der Waals surface area contributed by atoms with Crippen LogP contribution in [-0.2, 0) is 9.59 Å². The van der Waals surface area contributed by atoms with Gasteiger partial charge in [0.1, 0.15) is 5.57 Å². The van der Waals surface area contributed by atoms with Crippen LogP contribution in [0.25, 0.3) is 11.6 Å². The number of urea groups is 1. The van der Waals surface area contributed by atoms with Gasteiger partial charge in [0.15, 0.2) is 0 Å². The zero-order valence-electron chi connectivity index (χ0n) is 18.0. The molecule has 0 aromatic heterocycles. The third-order valence-corrected chi connectivity index (χ3v) is 6.40. The van der Waals surface area contributed by atoms with Gasteiger partial charge in [-0.2, -0.15) is 0 Å². The number of carbonyl (C=O) groups excluding carboxylic acids is 3. The molecule has 8 heteroatoms. The minimum Gasteiger partial charge on any atom is -0.365 e. The van der Waals surface area contributed by atoms with Gasteiger partial charge in [0.25, 0.3) is 11.8 Å². The lowest BCUT2D eigenvalue weighted by molar-refractivity contribution is -0.122. The first-order valence-corrected chi connectivity index (χ1v) is 10.7. The number of carbonyl (C=O) groups is 3. The van der Waals surface area contributed by atoms with E-state index in [2.05, 4.69) is 30.1 Å². The Balaban J connectivity index is 1.78. The number of barbiturate groups is 1. The van der Waals surface area contributed by atoms with Crippen LogP contribution in [0.1, 0.15) is 31.9 Å². The first kappa shape index (κ1) is 22.1. The maximum atomic E-state index is 13.1. The fourth-order valence-electron chi connectivity index (χ4n) is 3.94. The first-order chi connectivity index (χ1) is 15.0. The van der Waals surface area contributed by atoms with E-state index in [1.807, 2.05) is 26.1 Å². The molecular formula is C24H21Cl2N3O3. The second-order valence-electron chi connectivity index (χ2n) is 8.37. The maximum absolute atomic E-state index is 13.1. The summed E-state index contributed by atoms with van der Waals surface area (Å²) in [6.45, 7) is 6.23. The van der Waals surface area contributed by atoms with Crippen molar-refractivity contribution in [2.45, 2.75) is 26.3 Å². The van der Waals surface area contributed by atoms with Gasteiger partial charge < -0.3 is 4.90 Å². The average Bonchev–Trinajstić information content (AvgIpc) is 2.71. The second-order valence-corrected chi connectivity index (χ2v) is 9.21. The third-order valence-electron chi connectivity index (χ3n) is 5.82. The number of fused-ring (bicyclic) bond motifs is 1. The van der Waals surface area contributed by atoms with Crippen molar-refractivity contribution in [3.63, 3.8) is 0 Å². The Kier molecular flexibility index (Phi) is 5.39. The van der Waals surface area contributed by atoms with Crippen LogP contribution in [0, 0.1) is 0 Å². The fourth-order valence-corrected chi connectivity index (χ4v) is 4.27. The zero-order chi connectivity index (χ0) is 23.4. The Labute approximate surface area is 196 Å². The Morgan fingerprint density at radius 3 is 2.34 bits per heavy atom. The summed E-state index contributed by atoms with van der Waals surface area (Å²) in [6.07, 6.45) is 3.57. The van der Waals surface area contributed by atoms with Crippen LogP contribution in [0.3, 0.4) is 0 Å². The standard InChI is InChI=1S/C24H21Cl2N3O3/c1-13-12-24(2,3)28(4)20-11-19(26)14(9-17(13)20)10-18-21(30)27-23(32)29(22(18)31)16-7-5-15(25)6-8-16/h5-12H,1-4H3,(H,27,30,32)/b18-10-. The van der Waals surface area contributed by atoms with E-state index in [1.165, 1.54) is 18.2 Å². The first-order valence-electron chi connectivity index (χ1n) is 9.94. The number of amides is 4. The van der Waals surface area contributed by atoms with Crippen molar-refractivity contribution in [3.8, 4) is 0 Å².